The van der Waals surface area contributed by atoms with Crippen LogP contribution in [0.3, 0.4) is 0 Å². The van der Waals surface area contributed by atoms with Crippen molar-refractivity contribution in [3.8, 4) is 0 Å². The van der Waals surface area contributed by atoms with Gasteiger partial charge in [0, 0.05) is 11.1 Å². The van der Waals surface area contributed by atoms with Gasteiger partial charge >= 0.3 is 0 Å². The fraction of sp³-hybridized carbons (Fsp3) is 0.458. The van der Waals surface area contributed by atoms with E-state index < -0.39 is 0 Å². The minimum atomic E-state index is 0.875. The molecule has 0 fully saturated rings. The third-order valence-corrected chi connectivity index (χ3v) is 5.13. The Morgan fingerprint density at radius 1 is 0.962 bits per heavy atom. The Balaban J connectivity index is 2.65. The van der Waals surface area contributed by atoms with Gasteiger partial charge in [0.2, 0.25) is 0 Å². The highest BCUT2D eigenvalue weighted by Gasteiger charge is 2.09. The minimum absolute atomic E-state index is 0.875. The molecule has 0 aromatic heterocycles. The zero-order valence-corrected chi connectivity index (χ0v) is 18.2. The second-order valence-corrected chi connectivity index (χ2v) is 7.82. The molecular weight excluding hydrogens is 334 g/mol. The van der Waals surface area contributed by atoms with Crippen LogP contribution in [-0.4, -0.2) is 5.37 Å². The molecule has 142 valence electrons. The third kappa shape index (κ3) is 7.29. The fourth-order valence-electron chi connectivity index (χ4n) is 3.14. The SMILES string of the molecule is CC(C)=CCC/C(C)=C/CC/C(C)=C/Cc1c(N)cc(C)c(C=S)c1C. The van der Waals surface area contributed by atoms with Gasteiger partial charge in [-0.1, -0.05) is 47.2 Å². The predicted octanol–water partition coefficient (Wildman–Crippen LogP) is 7.20. The number of allylic oxidation sites excluding steroid dienone is 6. The van der Waals surface area contributed by atoms with Gasteiger partial charge in [0.05, 0.1) is 0 Å². The molecule has 0 saturated carbocycles. The summed E-state index contributed by atoms with van der Waals surface area (Å²) in [4.78, 5) is 0. The van der Waals surface area contributed by atoms with E-state index in [1.807, 2.05) is 6.07 Å². The van der Waals surface area contributed by atoms with E-state index in [0.717, 1.165) is 48.9 Å². The zero-order valence-electron chi connectivity index (χ0n) is 17.4. The molecule has 1 nitrogen and oxygen atoms in total. The summed E-state index contributed by atoms with van der Waals surface area (Å²) in [6.45, 7) is 13.0. The molecule has 0 radical (unpaired) electrons. The van der Waals surface area contributed by atoms with Crippen LogP contribution in [0.25, 0.3) is 0 Å². The van der Waals surface area contributed by atoms with Crippen molar-refractivity contribution in [1.82, 2.24) is 0 Å². The molecule has 0 atom stereocenters. The van der Waals surface area contributed by atoms with E-state index >= 15 is 0 Å². The van der Waals surface area contributed by atoms with E-state index in [4.69, 9.17) is 18.0 Å². The Morgan fingerprint density at radius 3 is 2.12 bits per heavy atom. The summed E-state index contributed by atoms with van der Waals surface area (Å²) in [5.74, 6) is 0. The summed E-state index contributed by atoms with van der Waals surface area (Å²) in [7, 11) is 0. The summed E-state index contributed by atoms with van der Waals surface area (Å²) >= 11 is 5.17. The van der Waals surface area contributed by atoms with Crippen LogP contribution in [0, 0.1) is 13.8 Å². The van der Waals surface area contributed by atoms with Crippen molar-refractivity contribution in [3.05, 3.63) is 63.3 Å². The summed E-state index contributed by atoms with van der Waals surface area (Å²) in [5.41, 5.74) is 16.2. The maximum atomic E-state index is 6.25. The van der Waals surface area contributed by atoms with Crippen molar-refractivity contribution >= 4 is 23.3 Å². The number of aryl methyl sites for hydroxylation is 1. The van der Waals surface area contributed by atoms with Crippen molar-refractivity contribution < 1.29 is 0 Å². The fourth-order valence-corrected chi connectivity index (χ4v) is 3.50. The smallest absolute Gasteiger partial charge is 0.0355 e. The highest BCUT2D eigenvalue weighted by molar-refractivity contribution is 7.79. The lowest BCUT2D eigenvalue weighted by Crippen LogP contribution is -2.02. The van der Waals surface area contributed by atoms with E-state index in [-0.39, 0.29) is 0 Å². The Morgan fingerprint density at radius 2 is 1.54 bits per heavy atom. The lowest BCUT2D eigenvalue weighted by Gasteiger charge is -2.13. The first kappa shape index (κ1) is 22.4. The average molecular weight is 370 g/mol. The second kappa shape index (κ2) is 11.1. The first-order chi connectivity index (χ1) is 12.3. The molecular formula is C24H35NS. The van der Waals surface area contributed by atoms with E-state index in [1.165, 1.54) is 27.8 Å². The number of anilines is 1. The molecule has 0 aliphatic heterocycles. The zero-order chi connectivity index (χ0) is 19.7. The molecule has 2 N–H and O–H groups in total. The van der Waals surface area contributed by atoms with E-state index in [2.05, 4.69) is 59.8 Å². The van der Waals surface area contributed by atoms with Gasteiger partial charge in [-0.15, -0.1) is 0 Å². The van der Waals surface area contributed by atoms with Gasteiger partial charge in [-0.05, 0) is 102 Å². The van der Waals surface area contributed by atoms with Crippen LogP contribution >= 0.6 is 12.2 Å². The number of benzene rings is 1. The molecule has 0 unspecified atom stereocenters. The maximum Gasteiger partial charge on any atom is 0.0355 e. The Kier molecular flexibility index (Phi) is 9.58. The predicted molar refractivity (Wildman–Crippen MR) is 122 cm³/mol. The van der Waals surface area contributed by atoms with Crippen LogP contribution in [-0.2, 0) is 6.42 Å². The molecule has 0 aliphatic carbocycles. The van der Waals surface area contributed by atoms with Crippen molar-refractivity contribution in [2.45, 2.75) is 73.6 Å². The lowest BCUT2D eigenvalue weighted by atomic mass is 9.94. The molecule has 0 spiro atoms. The summed E-state index contributed by atoms with van der Waals surface area (Å²) in [6.07, 6.45) is 12.4. The highest BCUT2D eigenvalue weighted by atomic mass is 32.1. The molecule has 0 bridgehead atoms. The number of thiocarbonyl (C=S) groups is 1. The van der Waals surface area contributed by atoms with Crippen molar-refractivity contribution in [2.75, 3.05) is 5.73 Å². The van der Waals surface area contributed by atoms with Crippen molar-refractivity contribution in [2.24, 2.45) is 0 Å². The van der Waals surface area contributed by atoms with Gasteiger partial charge in [0.25, 0.3) is 0 Å². The monoisotopic (exact) mass is 369 g/mol. The molecule has 2 heteroatoms. The van der Waals surface area contributed by atoms with Gasteiger partial charge in [-0.3, -0.25) is 0 Å². The second-order valence-electron chi connectivity index (χ2n) is 7.58. The Hall–Kier alpha value is -1.67. The van der Waals surface area contributed by atoms with Crippen LogP contribution in [0.15, 0.2) is 41.0 Å². The number of nitrogens with two attached hydrogens (primary N) is 1. The van der Waals surface area contributed by atoms with Crippen LogP contribution in [0.5, 0.6) is 0 Å². The summed E-state index contributed by atoms with van der Waals surface area (Å²) < 4.78 is 0. The lowest BCUT2D eigenvalue weighted by molar-refractivity contribution is 0.914. The van der Waals surface area contributed by atoms with Crippen molar-refractivity contribution in [3.63, 3.8) is 0 Å². The molecule has 0 heterocycles. The molecule has 0 amide bonds. The third-order valence-electron chi connectivity index (χ3n) is 4.90. The minimum Gasteiger partial charge on any atom is -0.398 e. The molecule has 0 aliphatic rings. The van der Waals surface area contributed by atoms with Gasteiger partial charge in [-0.2, -0.15) is 0 Å². The number of nitrogen functional groups attached to an aromatic ring is 1. The van der Waals surface area contributed by atoms with E-state index in [0.29, 0.717) is 0 Å². The van der Waals surface area contributed by atoms with Gasteiger partial charge in [0.15, 0.2) is 0 Å². The maximum absolute atomic E-state index is 6.25. The first-order valence-electron chi connectivity index (χ1n) is 9.54. The number of hydrogen-bond donors (Lipinski definition) is 1. The summed E-state index contributed by atoms with van der Waals surface area (Å²) in [6, 6.07) is 2.04. The molecule has 1 aromatic rings. The van der Waals surface area contributed by atoms with Gasteiger partial charge in [-0.25, -0.2) is 0 Å². The molecule has 26 heavy (non-hydrogen) atoms. The van der Waals surface area contributed by atoms with E-state index in [1.54, 1.807) is 5.37 Å². The Bertz CT molecular complexity index is 716. The Labute approximate surface area is 166 Å². The van der Waals surface area contributed by atoms with Crippen molar-refractivity contribution in [1.29, 1.82) is 0 Å². The summed E-state index contributed by atoms with van der Waals surface area (Å²) in [5, 5.41) is 1.77. The van der Waals surface area contributed by atoms with Crippen LogP contribution in [0.2, 0.25) is 0 Å². The largest absolute Gasteiger partial charge is 0.398 e. The average Bonchev–Trinajstić information content (AvgIpc) is 2.54. The topological polar surface area (TPSA) is 26.0 Å². The quantitative estimate of drug-likeness (QED) is 0.283. The highest BCUT2D eigenvalue weighted by Crippen LogP contribution is 2.25. The normalized spacial score (nSPS) is 12.2. The number of rotatable bonds is 9. The van der Waals surface area contributed by atoms with Gasteiger partial charge < -0.3 is 5.73 Å². The standard InChI is InChI=1S/C24H35NS/c1-17(2)9-7-10-18(3)11-8-12-19(4)13-14-22-21(6)23(16-26)20(5)15-24(22)25/h9,11,13,15-16H,7-8,10,12,14,25H2,1-6H3/b18-11+,19-13+. The van der Waals surface area contributed by atoms with E-state index in [9.17, 15) is 0 Å². The number of hydrogen-bond acceptors (Lipinski definition) is 2. The van der Waals surface area contributed by atoms with Gasteiger partial charge in [0.1, 0.15) is 0 Å². The molecule has 0 saturated heterocycles. The molecule has 1 aromatic carbocycles. The molecule has 1 rings (SSSR count). The van der Waals surface area contributed by atoms with Crippen LogP contribution in [0.4, 0.5) is 5.69 Å². The first-order valence-corrected chi connectivity index (χ1v) is 10.0. The van der Waals surface area contributed by atoms with Crippen LogP contribution < -0.4 is 5.73 Å². The van der Waals surface area contributed by atoms with Crippen LogP contribution in [0.1, 0.15) is 75.6 Å².